The molecule has 3 N–H and O–H groups in total. The highest BCUT2D eigenvalue weighted by molar-refractivity contribution is 5.79. The smallest absolute Gasteiger partial charge is 0.224 e. The van der Waals surface area contributed by atoms with E-state index in [1.165, 1.54) is 19.3 Å². The van der Waals surface area contributed by atoms with Crippen LogP contribution in [0.1, 0.15) is 45.4 Å². The third-order valence-corrected chi connectivity index (χ3v) is 4.27. The van der Waals surface area contributed by atoms with Crippen LogP contribution in [0.3, 0.4) is 0 Å². The minimum absolute atomic E-state index is 0.0822. The summed E-state index contributed by atoms with van der Waals surface area (Å²) in [5.41, 5.74) is 5.92. The summed E-state index contributed by atoms with van der Waals surface area (Å²) in [5, 5.41) is 3.10. The Morgan fingerprint density at radius 3 is 2.69 bits per heavy atom. The van der Waals surface area contributed by atoms with Crippen molar-refractivity contribution in [3.05, 3.63) is 0 Å². The SMILES string of the molecule is CC1CCC(CNC(=O)C2CCCC2N)C1. The van der Waals surface area contributed by atoms with E-state index in [4.69, 9.17) is 5.73 Å². The van der Waals surface area contributed by atoms with Crippen LogP contribution in [0.5, 0.6) is 0 Å². The summed E-state index contributed by atoms with van der Waals surface area (Å²) in [6.07, 6.45) is 6.98. The quantitative estimate of drug-likeness (QED) is 0.766. The number of carbonyl (C=O) groups excluding carboxylic acids is 1. The molecule has 3 heteroatoms. The molecule has 4 atom stereocenters. The minimum Gasteiger partial charge on any atom is -0.356 e. The van der Waals surface area contributed by atoms with E-state index in [2.05, 4.69) is 12.2 Å². The summed E-state index contributed by atoms with van der Waals surface area (Å²) in [6.45, 7) is 3.17. The van der Waals surface area contributed by atoms with Crippen molar-refractivity contribution in [1.29, 1.82) is 0 Å². The zero-order valence-corrected chi connectivity index (χ0v) is 10.2. The Morgan fingerprint density at radius 1 is 1.31 bits per heavy atom. The van der Waals surface area contributed by atoms with Crippen molar-refractivity contribution >= 4 is 5.91 Å². The normalized spacial score (nSPS) is 38.9. The Morgan fingerprint density at radius 2 is 2.12 bits per heavy atom. The Bertz CT molecular complexity index is 254. The molecule has 1 amide bonds. The predicted molar refractivity (Wildman–Crippen MR) is 64.8 cm³/mol. The molecule has 16 heavy (non-hydrogen) atoms. The van der Waals surface area contributed by atoms with Gasteiger partial charge >= 0.3 is 0 Å². The minimum atomic E-state index is 0.0822. The fourth-order valence-electron chi connectivity index (χ4n) is 3.20. The molecule has 0 aromatic rings. The van der Waals surface area contributed by atoms with E-state index < -0.39 is 0 Å². The van der Waals surface area contributed by atoms with Gasteiger partial charge in [-0.25, -0.2) is 0 Å². The number of amides is 1. The summed E-state index contributed by atoms with van der Waals surface area (Å²) in [5.74, 6) is 1.83. The molecular formula is C13H24N2O. The fraction of sp³-hybridized carbons (Fsp3) is 0.923. The fourth-order valence-corrected chi connectivity index (χ4v) is 3.20. The van der Waals surface area contributed by atoms with E-state index in [1.54, 1.807) is 0 Å². The first kappa shape index (κ1) is 11.9. The van der Waals surface area contributed by atoms with Gasteiger partial charge in [-0.1, -0.05) is 19.8 Å². The monoisotopic (exact) mass is 224 g/mol. The van der Waals surface area contributed by atoms with Crippen molar-refractivity contribution in [1.82, 2.24) is 5.32 Å². The molecule has 0 aliphatic heterocycles. The number of hydrogen-bond acceptors (Lipinski definition) is 2. The van der Waals surface area contributed by atoms with Crippen LogP contribution in [-0.4, -0.2) is 18.5 Å². The number of carbonyl (C=O) groups is 1. The van der Waals surface area contributed by atoms with E-state index in [9.17, 15) is 4.79 Å². The number of nitrogens with two attached hydrogens (primary N) is 1. The zero-order valence-electron chi connectivity index (χ0n) is 10.2. The van der Waals surface area contributed by atoms with Gasteiger partial charge in [0.05, 0.1) is 5.92 Å². The number of nitrogens with one attached hydrogen (secondary N) is 1. The maximum atomic E-state index is 11.9. The van der Waals surface area contributed by atoms with Crippen molar-refractivity contribution in [2.45, 2.75) is 51.5 Å². The van der Waals surface area contributed by atoms with Gasteiger partial charge in [0.25, 0.3) is 0 Å². The van der Waals surface area contributed by atoms with Crippen molar-refractivity contribution in [2.24, 2.45) is 23.5 Å². The first-order valence-electron chi connectivity index (χ1n) is 6.70. The van der Waals surface area contributed by atoms with E-state index >= 15 is 0 Å². The molecule has 92 valence electrons. The molecule has 0 spiro atoms. The summed E-state index contributed by atoms with van der Waals surface area (Å²) < 4.78 is 0. The lowest BCUT2D eigenvalue weighted by atomic mass is 10.0. The Labute approximate surface area is 98.2 Å². The lowest BCUT2D eigenvalue weighted by molar-refractivity contribution is -0.125. The highest BCUT2D eigenvalue weighted by Crippen LogP contribution is 2.30. The maximum absolute atomic E-state index is 11.9. The van der Waals surface area contributed by atoms with Crippen LogP contribution in [0.15, 0.2) is 0 Å². The molecule has 2 aliphatic rings. The topological polar surface area (TPSA) is 55.1 Å². The predicted octanol–water partition coefficient (Wildman–Crippen LogP) is 1.67. The summed E-state index contributed by atoms with van der Waals surface area (Å²) in [7, 11) is 0. The van der Waals surface area contributed by atoms with Gasteiger partial charge in [-0.2, -0.15) is 0 Å². The zero-order chi connectivity index (χ0) is 11.5. The van der Waals surface area contributed by atoms with E-state index in [1.807, 2.05) is 0 Å². The molecule has 0 radical (unpaired) electrons. The van der Waals surface area contributed by atoms with Gasteiger partial charge in [0.15, 0.2) is 0 Å². The second-order valence-corrected chi connectivity index (χ2v) is 5.73. The number of rotatable bonds is 3. The van der Waals surface area contributed by atoms with E-state index in [0.29, 0.717) is 5.92 Å². The van der Waals surface area contributed by atoms with Crippen molar-refractivity contribution in [2.75, 3.05) is 6.54 Å². The summed E-state index contributed by atoms with van der Waals surface area (Å²) in [6, 6.07) is 0.0995. The van der Waals surface area contributed by atoms with Crippen molar-refractivity contribution < 1.29 is 4.79 Å². The summed E-state index contributed by atoms with van der Waals surface area (Å²) >= 11 is 0. The second-order valence-electron chi connectivity index (χ2n) is 5.73. The third kappa shape index (κ3) is 2.76. The molecule has 0 bridgehead atoms. The van der Waals surface area contributed by atoms with Gasteiger partial charge < -0.3 is 11.1 Å². The number of hydrogen-bond donors (Lipinski definition) is 2. The van der Waals surface area contributed by atoms with Gasteiger partial charge in [-0.05, 0) is 37.5 Å². The Hall–Kier alpha value is -0.570. The Kier molecular flexibility index (Phi) is 3.85. The lowest BCUT2D eigenvalue weighted by Crippen LogP contribution is -2.40. The van der Waals surface area contributed by atoms with Crippen molar-refractivity contribution in [3.8, 4) is 0 Å². The van der Waals surface area contributed by atoms with Crippen LogP contribution in [0, 0.1) is 17.8 Å². The van der Waals surface area contributed by atoms with Gasteiger partial charge in [-0.15, -0.1) is 0 Å². The molecule has 0 aromatic heterocycles. The lowest BCUT2D eigenvalue weighted by Gasteiger charge is -2.17. The molecule has 0 aromatic carbocycles. The van der Waals surface area contributed by atoms with Crippen LogP contribution < -0.4 is 11.1 Å². The van der Waals surface area contributed by atoms with E-state index in [0.717, 1.165) is 31.7 Å². The standard InChI is InChI=1S/C13H24N2O/c1-9-5-6-10(7-9)8-15-13(16)11-3-2-4-12(11)14/h9-12H,2-8,14H2,1H3,(H,15,16). The average Bonchev–Trinajstić information content (AvgIpc) is 2.84. The highest BCUT2D eigenvalue weighted by atomic mass is 16.1. The first-order valence-corrected chi connectivity index (χ1v) is 6.70. The third-order valence-electron chi connectivity index (χ3n) is 4.27. The van der Waals surface area contributed by atoms with Crippen molar-refractivity contribution in [3.63, 3.8) is 0 Å². The molecule has 4 unspecified atom stereocenters. The molecule has 0 heterocycles. The second kappa shape index (κ2) is 5.17. The maximum Gasteiger partial charge on any atom is 0.224 e. The van der Waals surface area contributed by atoms with Crippen LogP contribution in [0.2, 0.25) is 0 Å². The first-order chi connectivity index (χ1) is 7.66. The van der Waals surface area contributed by atoms with Gasteiger partial charge in [0.1, 0.15) is 0 Å². The van der Waals surface area contributed by atoms with Gasteiger partial charge in [0, 0.05) is 12.6 Å². The van der Waals surface area contributed by atoms with Crippen LogP contribution in [0.4, 0.5) is 0 Å². The van der Waals surface area contributed by atoms with Gasteiger partial charge in [0.2, 0.25) is 5.91 Å². The average molecular weight is 224 g/mol. The Balaban J connectivity index is 1.71. The van der Waals surface area contributed by atoms with Crippen LogP contribution in [-0.2, 0) is 4.79 Å². The molecule has 2 saturated carbocycles. The molecular weight excluding hydrogens is 200 g/mol. The molecule has 2 fully saturated rings. The summed E-state index contributed by atoms with van der Waals surface area (Å²) in [4.78, 5) is 11.9. The molecule has 2 aliphatic carbocycles. The van der Waals surface area contributed by atoms with Crippen LogP contribution >= 0.6 is 0 Å². The largest absolute Gasteiger partial charge is 0.356 e. The highest BCUT2D eigenvalue weighted by Gasteiger charge is 2.30. The molecule has 2 rings (SSSR count). The van der Waals surface area contributed by atoms with E-state index in [-0.39, 0.29) is 17.9 Å². The molecule has 0 saturated heterocycles. The van der Waals surface area contributed by atoms with Crippen LogP contribution in [0.25, 0.3) is 0 Å². The van der Waals surface area contributed by atoms with Gasteiger partial charge in [-0.3, -0.25) is 4.79 Å². The molecule has 3 nitrogen and oxygen atoms in total.